The van der Waals surface area contributed by atoms with Gasteiger partial charge >= 0.3 is 5.69 Å². The van der Waals surface area contributed by atoms with Crippen LogP contribution in [-0.2, 0) is 0 Å². The van der Waals surface area contributed by atoms with Gasteiger partial charge in [-0.25, -0.2) is 4.79 Å². The van der Waals surface area contributed by atoms with Gasteiger partial charge in [-0.15, -0.1) is 0 Å². The highest BCUT2D eigenvalue weighted by molar-refractivity contribution is 5.39. The maximum absolute atomic E-state index is 11.4. The normalized spacial score (nSPS) is 12.7. The van der Waals surface area contributed by atoms with E-state index >= 15 is 0 Å². The Bertz CT molecular complexity index is 474. The maximum atomic E-state index is 11.4. The molecule has 15 heavy (non-hydrogen) atoms. The molecule has 0 bridgehead atoms. The number of nitrogen functional groups attached to an aromatic ring is 1. The first kappa shape index (κ1) is 11.2. The Morgan fingerprint density at radius 3 is 2.27 bits per heavy atom. The lowest BCUT2D eigenvalue weighted by Gasteiger charge is -2.13. The van der Waals surface area contributed by atoms with Crippen LogP contribution in [0, 0.1) is 10.8 Å². The highest BCUT2D eigenvalue weighted by Crippen LogP contribution is 2.24. The Hall–Kier alpha value is -1.92. The largest absolute Gasteiger partial charge is 0.385 e. The summed E-state index contributed by atoms with van der Waals surface area (Å²) in [7, 11) is 0. The quantitative estimate of drug-likeness (QED) is 0.615. The molecule has 0 aliphatic heterocycles. The van der Waals surface area contributed by atoms with Crippen molar-refractivity contribution in [2.75, 3.05) is 5.73 Å². The molecule has 1 aromatic heterocycles. The molecule has 7 nitrogen and oxygen atoms in total. The second-order valence-corrected chi connectivity index (χ2v) is 3.53. The van der Waals surface area contributed by atoms with E-state index in [1.807, 2.05) is 4.98 Å². The van der Waals surface area contributed by atoms with Crippen LogP contribution < -0.4 is 17.0 Å². The molecule has 0 saturated heterocycles. The van der Waals surface area contributed by atoms with Crippen LogP contribution in [0.25, 0.3) is 0 Å². The summed E-state index contributed by atoms with van der Waals surface area (Å²) in [6.45, 7) is 3.46. The summed E-state index contributed by atoms with van der Waals surface area (Å²) >= 11 is 0. The zero-order valence-corrected chi connectivity index (χ0v) is 8.40. The highest BCUT2D eigenvalue weighted by atomic mass is 16.3. The standard InChI is InChI=1S/C8H12N4O3/c1-3(2)5(12-15)4-6(9)10-8(14)11-7(4)13/h3,5H,1-2H3,(H4,9,10,11,13,14). The summed E-state index contributed by atoms with van der Waals surface area (Å²) in [5.74, 6) is -0.279. The first-order valence-corrected chi connectivity index (χ1v) is 4.41. The monoisotopic (exact) mass is 212 g/mol. The van der Waals surface area contributed by atoms with E-state index in [0.29, 0.717) is 0 Å². The van der Waals surface area contributed by atoms with E-state index in [1.54, 1.807) is 13.8 Å². The van der Waals surface area contributed by atoms with Gasteiger partial charge in [0, 0.05) is 0 Å². The van der Waals surface area contributed by atoms with Crippen molar-refractivity contribution in [3.05, 3.63) is 31.3 Å². The van der Waals surface area contributed by atoms with Crippen LogP contribution in [0.15, 0.2) is 14.8 Å². The number of H-pyrrole nitrogens is 2. The number of nitrogens with zero attached hydrogens (tertiary/aromatic N) is 1. The molecular formula is C8H12N4O3. The van der Waals surface area contributed by atoms with Crippen LogP contribution in [0.5, 0.6) is 0 Å². The van der Waals surface area contributed by atoms with Crippen molar-refractivity contribution in [1.82, 2.24) is 9.97 Å². The van der Waals surface area contributed by atoms with Gasteiger partial charge in [0.2, 0.25) is 0 Å². The van der Waals surface area contributed by atoms with Crippen molar-refractivity contribution >= 4 is 5.82 Å². The minimum absolute atomic E-state index is 0.0135. The van der Waals surface area contributed by atoms with Crippen LogP contribution in [0.3, 0.4) is 0 Å². The molecule has 0 aliphatic carbocycles. The van der Waals surface area contributed by atoms with Gasteiger partial charge in [0.05, 0.1) is 5.56 Å². The number of nitrogens with two attached hydrogens (primary N) is 1. The number of anilines is 1. The smallest absolute Gasteiger partial charge is 0.327 e. The van der Waals surface area contributed by atoms with Gasteiger partial charge in [-0.2, -0.15) is 4.91 Å². The van der Waals surface area contributed by atoms with Crippen LogP contribution in [0.4, 0.5) is 5.82 Å². The number of nitrogens with one attached hydrogen (secondary N) is 2. The predicted molar refractivity (Wildman–Crippen MR) is 55.5 cm³/mol. The molecule has 0 aliphatic rings. The number of aromatic nitrogens is 2. The number of hydrogen-bond acceptors (Lipinski definition) is 5. The topological polar surface area (TPSA) is 121 Å². The molecule has 1 heterocycles. The Balaban J connectivity index is 3.42. The first-order valence-electron chi connectivity index (χ1n) is 4.41. The average Bonchev–Trinajstić information content (AvgIpc) is 2.09. The zero-order valence-electron chi connectivity index (χ0n) is 8.40. The van der Waals surface area contributed by atoms with E-state index in [0.717, 1.165) is 0 Å². The third-order valence-electron chi connectivity index (χ3n) is 2.05. The Kier molecular flexibility index (Phi) is 3.03. The molecule has 0 aromatic carbocycles. The maximum Gasteiger partial charge on any atom is 0.327 e. The molecule has 1 aromatic rings. The molecule has 4 N–H and O–H groups in total. The van der Waals surface area contributed by atoms with Gasteiger partial charge in [-0.05, 0) is 5.92 Å². The van der Waals surface area contributed by atoms with Gasteiger partial charge in [0.25, 0.3) is 5.56 Å². The molecule has 1 unspecified atom stereocenters. The zero-order chi connectivity index (χ0) is 11.6. The number of aromatic amines is 2. The van der Waals surface area contributed by atoms with Gasteiger partial charge in [-0.3, -0.25) is 14.8 Å². The second kappa shape index (κ2) is 4.07. The molecule has 0 fully saturated rings. The van der Waals surface area contributed by atoms with Crippen molar-refractivity contribution in [2.24, 2.45) is 11.1 Å². The summed E-state index contributed by atoms with van der Waals surface area (Å²) in [6, 6.07) is -0.856. The SMILES string of the molecule is CC(C)C(N=O)c1c(N)[nH]c(=O)[nH]c1=O. The van der Waals surface area contributed by atoms with E-state index in [2.05, 4.69) is 10.2 Å². The van der Waals surface area contributed by atoms with Crippen LogP contribution >= 0.6 is 0 Å². The first-order chi connectivity index (χ1) is 6.97. The fourth-order valence-corrected chi connectivity index (χ4v) is 1.32. The lowest BCUT2D eigenvalue weighted by atomic mass is 9.98. The molecule has 0 radical (unpaired) electrons. The Labute approximate surface area is 84.7 Å². The van der Waals surface area contributed by atoms with E-state index in [9.17, 15) is 14.5 Å². The molecule has 1 atom stereocenters. The fraction of sp³-hybridized carbons (Fsp3) is 0.500. The summed E-state index contributed by atoms with van der Waals surface area (Å²) < 4.78 is 0. The Morgan fingerprint density at radius 2 is 1.87 bits per heavy atom. The summed E-state index contributed by atoms with van der Waals surface area (Å²) in [4.78, 5) is 37.1. The minimum atomic E-state index is -0.856. The van der Waals surface area contributed by atoms with Crippen molar-refractivity contribution in [3.63, 3.8) is 0 Å². The number of hydrogen-bond donors (Lipinski definition) is 3. The van der Waals surface area contributed by atoms with Crippen molar-refractivity contribution in [2.45, 2.75) is 19.9 Å². The van der Waals surface area contributed by atoms with Crippen molar-refractivity contribution in [3.8, 4) is 0 Å². The van der Waals surface area contributed by atoms with Gasteiger partial charge in [0.1, 0.15) is 11.9 Å². The van der Waals surface area contributed by atoms with Gasteiger partial charge < -0.3 is 5.73 Å². The fourth-order valence-electron chi connectivity index (χ4n) is 1.32. The minimum Gasteiger partial charge on any atom is -0.385 e. The van der Waals surface area contributed by atoms with Crippen LogP contribution in [-0.4, -0.2) is 9.97 Å². The van der Waals surface area contributed by atoms with E-state index in [-0.39, 0.29) is 17.3 Å². The summed E-state index contributed by atoms with van der Waals surface area (Å²) in [5, 5.41) is 2.84. The lowest BCUT2D eigenvalue weighted by molar-refractivity contribution is 0.508. The van der Waals surface area contributed by atoms with Crippen molar-refractivity contribution < 1.29 is 0 Å². The van der Waals surface area contributed by atoms with Crippen LogP contribution in [0.1, 0.15) is 25.5 Å². The molecule has 82 valence electrons. The van der Waals surface area contributed by atoms with E-state index in [4.69, 9.17) is 5.73 Å². The number of nitroso groups, excluding NO2 is 1. The lowest BCUT2D eigenvalue weighted by Crippen LogP contribution is -2.29. The summed E-state index contributed by atoms with van der Waals surface area (Å²) in [6.07, 6.45) is 0. The van der Waals surface area contributed by atoms with Crippen LogP contribution in [0.2, 0.25) is 0 Å². The van der Waals surface area contributed by atoms with Crippen molar-refractivity contribution in [1.29, 1.82) is 0 Å². The molecular weight excluding hydrogens is 200 g/mol. The molecule has 7 heteroatoms. The van der Waals surface area contributed by atoms with Gasteiger partial charge in [0.15, 0.2) is 0 Å². The third-order valence-corrected chi connectivity index (χ3v) is 2.05. The average molecular weight is 212 g/mol. The molecule has 0 amide bonds. The van der Waals surface area contributed by atoms with Gasteiger partial charge in [-0.1, -0.05) is 19.0 Å². The third kappa shape index (κ3) is 2.12. The molecule has 1 rings (SSSR count). The van der Waals surface area contributed by atoms with E-state index < -0.39 is 17.3 Å². The summed E-state index contributed by atoms with van der Waals surface area (Å²) in [5.41, 5.74) is 4.10. The van der Waals surface area contributed by atoms with E-state index in [1.165, 1.54) is 0 Å². The molecule has 0 saturated carbocycles. The second-order valence-electron chi connectivity index (χ2n) is 3.53. The Morgan fingerprint density at radius 1 is 1.27 bits per heavy atom. The predicted octanol–water partition coefficient (Wildman–Crippen LogP) is 0.109. The number of rotatable bonds is 3. The highest BCUT2D eigenvalue weighted by Gasteiger charge is 2.23. The molecule has 0 spiro atoms.